The van der Waals surface area contributed by atoms with Gasteiger partial charge in [0.2, 0.25) is 5.91 Å². The molecular formula is C17H20N2OS. The fraction of sp³-hybridized carbons (Fsp3) is 0.235. The van der Waals surface area contributed by atoms with Crippen LogP contribution in [0.5, 0.6) is 0 Å². The molecule has 0 aliphatic carbocycles. The average molecular weight is 300 g/mol. The van der Waals surface area contributed by atoms with E-state index in [-0.39, 0.29) is 12.5 Å². The maximum atomic E-state index is 11.9. The molecule has 0 aromatic heterocycles. The maximum absolute atomic E-state index is 11.9. The van der Waals surface area contributed by atoms with Crippen molar-refractivity contribution in [3.05, 3.63) is 54.1 Å². The van der Waals surface area contributed by atoms with Crippen molar-refractivity contribution in [1.82, 2.24) is 0 Å². The van der Waals surface area contributed by atoms with Gasteiger partial charge in [-0.3, -0.25) is 4.79 Å². The van der Waals surface area contributed by atoms with Gasteiger partial charge in [0.15, 0.2) is 0 Å². The lowest BCUT2D eigenvalue weighted by atomic mass is 10.1. The highest BCUT2D eigenvalue weighted by Crippen LogP contribution is 2.18. The first-order chi connectivity index (χ1) is 10.2. The third-order valence-electron chi connectivity index (χ3n) is 3.17. The van der Waals surface area contributed by atoms with Gasteiger partial charge < -0.3 is 10.6 Å². The molecule has 0 spiro atoms. The minimum atomic E-state index is -0.0474. The van der Waals surface area contributed by atoms with E-state index in [1.165, 1.54) is 10.5 Å². The summed E-state index contributed by atoms with van der Waals surface area (Å²) in [4.78, 5) is 13.1. The molecule has 0 saturated heterocycles. The SMILES string of the molecule is CCc1ccc(NC(=O)CNc2cccc(SC)c2)cc1. The molecule has 0 radical (unpaired) electrons. The standard InChI is InChI=1S/C17H20N2OS/c1-3-13-7-9-14(10-8-13)19-17(20)12-18-15-5-4-6-16(11-15)21-2/h4-11,18H,3,12H2,1-2H3,(H,19,20). The molecule has 0 heterocycles. The van der Waals surface area contributed by atoms with E-state index < -0.39 is 0 Å². The molecule has 2 N–H and O–H groups in total. The van der Waals surface area contributed by atoms with E-state index in [2.05, 4.69) is 17.6 Å². The Hall–Kier alpha value is -1.94. The molecule has 0 aliphatic rings. The predicted octanol–water partition coefficient (Wildman–Crippen LogP) is 4.02. The predicted molar refractivity (Wildman–Crippen MR) is 91.2 cm³/mol. The summed E-state index contributed by atoms with van der Waals surface area (Å²) >= 11 is 1.68. The summed E-state index contributed by atoms with van der Waals surface area (Å²) in [5.41, 5.74) is 3.05. The van der Waals surface area contributed by atoms with Crippen LogP contribution in [0.3, 0.4) is 0 Å². The Morgan fingerprint density at radius 1 is 1.10 bits per heavy atom. The van der Waals surface area contributed by atoms with Crippen LogP contribution in [-0.4, -0.2) is 18.7 Å². The van der Waals surface area contributed by atoms with Crippen molar-refractivity contribution in [2.45, 2.75) is 18.2 Å². The Labute approximate surface area is 130 Å². The van der Waals surface area contributed by atoms with Gasteiger partial charge in [0.25, 0.3) is 0 Å². The summed E-state index contributed by atoms with van der Waals surface area (Å²) in [6.07, 6.45) is 3.04. The second kappa shape index (κ2) is 7.74. The maximum Gasteiger partial charge on any atom is 0.243 e. The molecule has 0 atom stereocenters. The lowest BCUT2D eigenvalue weighted by Crippen LogP contribution is -2.21. The zero-order valence-electron chi connectivity index (χ0n) is 12.3. The molecule has 2 rings (SSSR count). The number of anilines is 2. The van der Waals surface area contributed by atoms with E-state index >= 15 is 0 Å². The molecular weight excluding hydrogens is 280 g/mol. The Morgan fingerprint density at radius 2 is 1.86 bits per heavy atom. The third kappa shape index (κ3) is 4.83. The fourth-order valence-corrected chi connectivity index (χ4v) is 2.40. The minimum Gasteiger partial charge on any atom is -0.376 e. The molecule has 0 aliphatic heterocycles. The highest BCUT2D eigenvalue weighted by molar-refractivity contribution is 7.98. The molecule has 0 fully saturated rings. The number of thioether (sulfide) groups is 1. The number of nitrogens with one attached hydrogen (secondary N) is 2. The van der Waals surface area contributed by atoms with Crippen LogP contribution in [0.15, 0.2) is 53.4 Å². The van der Waals surface area contributed by atoms with Crippen LogP contribution in [0.4, 0.5) is 11.4 Å². The highest BCUT2D eigenvalue weighted by atomic mass is 32.2. The average Bonchev–Trinajstić information content (AvgIpc) is 2.54. The first-order valence-electron chi connectivity index (χ1n) is 6.98. The van der Waals surface area contributed by atoms with E-state index in [0.717, 1.165) is 17.8 Å². The van der Waals surface area contributed by atoms with Crippen molar-refractivity contribution in [2.24, 2.45) is 0 Å². The zero-order valence-corrected chi connectivity index (χ0v) is 13.2. The van der Waals surface area contributed by atoms with Gasteiger partial charge >= 0.3 is 0 Å². The fourth-order valence-electron chi connectivity index (χ4n) is 1.94. The third-order valence-corrected chi connectivity index (χ3v) is 3.89. The van der Waals surface area contributed by atoms with E-state index in [1.54, 1.807) is 11.8 Å². The topological polar surface area (TPSA) is 41.1 Å². The second-order valence-corrected chi connectivity index (χ2v) is 5.56. The number of hydrogen-bond acceptors (Lipinski definition) is 3. The largest absolute Gasteiger partial charge is 0.376 e. The monoisotopic (exact) mass is 300 g/mol. The zero-order chi connectivity index (χ0) is 15.1. The van der Waals surface area contributed by atoms with Gasteiger partial charge in [-0.15, -0.1) is 11.8 Å². The van der Waals surface area contributed by atoms with Gasteiger partial charge in [-0.2, -0.15) is 0 Å². The summed E-state index contributed by atoms with van der Waals surface area (Å²) in [5, 5.41) is 6.02. The van der Waals surface area contributed by atoms with Crippen LogP contribution < -0.4 is 10.6 Å². The van der Waals surface area contributed by atoms with Gasteiger partial charge in [-0.1, -0.05) is 25.1 Å². The first-order valence-corrected chi connectivity index (χ1v) is 8.20. The number of hydrogen-bond donors (Lipinski definition) is 2. The van der Waals surface area contributed by atoms with Crippen molar-refractivity contribution in [3.8, 4) is 0 Å². The smallest absolute Gasteiger partial charge is 0.243 e. The van der Waals surface area contributed by atoms with Crippen LogP contribution in [0.1, 0.15) is 12.5 Å². The summed E-state index contributed by atoms with van der Waals surface area (Å²) < 4.78 is 0. The van der Waals surface area contributed by atoms with E-state index in [4.69, 9.17) is 0 Å². The summed E-state index contributed by atoms with van der Waals surface area (Å²) in [5.74, 6) is -0.0474. The Morgan fingerprint density at radius 3 is 2.52 bits per heavy atom. The first kappa shape index (κ1) is 15.4. The van der Waals surface area contributed by atoms with Crippen LogP contribution in [0.25, 0.3) is 0 Å². The second-order valence-electron chi connectivity index (χ2n) is 4.68. The number of carbonyl (C=O) groups is 1. The lowest BCUT2D eigenvalue weighted by molar-refractivity contribution is -0.114. The molecule has 1 amide bonds. The van der Waals surface area contributed by atoms with Gasteiger partial charge in [0.05, 0.1) is 6.54 Å². The quantitative estimate of drug-likeness (QED) is 0.792. The Kier molecular flexibility index (Phi) is 5.69. The molecule has 0 unspecified atom stereocenters. The number of amides is 1. The number of benzene rings is 2. The van der Waals surface area contributed by atoms with E-state index in [0.29, 0.717) is 0 Å². The normalized spacial score (nSPS) is 10.2. The molecule has 2 aromatic carbocycles. The highest BCUT2D eigenvalue weighted by Gasteiger charge is 2.02. The van der Waals surface area contributed by atoms with Crippen LogP contribution in [0.2, 0.25) is 0 Å². The molecule has 110 valence electrons. The lowest BCUT2D eigenvalue weighted by Gasteiger charge is -2.09. The molecule has 21 heavy (non-hydrogen) atoms. The molecule has 4 heteroatoms. The summed E-state index contributed by atoms with van der Waals surface area (Å²) in [7, 11) is 0. The van der Waals surface area contributed by atoms with E-state index in [1.807, 2.05) is 54.8 Å². The van der Waals surface area contributed by atoms with Crippen molar-refractivity contribution in [2.75, 3.05) is 23.4 Å². The number of carbonyl (C=O) groups excluding carboxylic acids is 1. The minimum absolute atomic E-state index is 0.0474. The van der Waals surface area contributed by atoms with Crippen molar-refractivity contribution < 1.29 is 4.79 Å². The van der Waals surface area contributed by atoms with Gasteiger partial charge in [-0.05, 0) is 48.6 Å². The van der Waals surface area contributed by atoms with Crippen LogP contribution in [-0.2, 0) is 11.2 Å². The Bertz CT molecular complexity index is 596. The van der Waals surface area contributed by atoms with E-state index in [9.17, 15) is 4.79 Å². The molecule has 0 bridgehead atoms. The number of rotatable bonds is 6. The number of aryl methyl sites for hydroxylation is 1. The molecule has 0 saturated carbocycles. The van der Waals surface area contributed by atoms with Crippen molar-refractivity contribution >= 4 is 29.0 Å². The van der Waals surface area contributed by atoms with Crippen LogP contribution in [0, 0.1) is 0 Å². The van der Waals surface area contributed by atoms with Crippen molar-refractivity contribution in [1.29, 1.82) is 0 Å². The summed E-state index contributed by atoms with van der Waals surface area (Å²) in [6, 6.07) is 16.0. The van der Waals surface area contributed by atoms with Crippen LogP contribution >= 0.6 is 11.8 Å². The Balaban J connectivity index is 1.86. The van der Waals surface area contributed by atoms with Crippen molar-refractivity contribution in [3.63, 3.8) is 0 Å². The van der Waals surface area contributed by atoms with Gasteiger partial charge in [-0.25, -0.2) is 0 Å². The molecule has 3 nitrogen and oxygen atoms in total. The summed E-state index contributed by atoms with van der Waals surface area (Å²) in [6.45, 7) is 2.37. The van der Waals surface area contributed by atoms with Gasteiger partial charge in [0, 0.05) is 16.3 Å². The van der Waals surface area contributed by atoms with Gasteiger partial charge in [0.1, 0.15) is 0 Å². The molecule has 2 aromatic rings.